The van der Waals surface area contributed by atoms with E-state index in [0.29, 0.717) is 12.0 Å². The topological polar surface area (TPSA) is 87.0 Å². The summed E-state index contributed by atoms with van der Waals surface area (Å²) in [7, 11) is 0. The third kappa shape index (κ3) is 10.2. The Balaban J connectivity index is 2.36. The predicted molar refractivity (Wildman–Crippen MR) is 121 cm³/mol. The summed E-state index contributed by atoms with van der Waals surface area (Å²) in [6, 6.07) is 0. The van der Waals surface area contributed by atoms with Gasteiger partial charge in [0.2, 0.25) is 0 Å². The maximum atomic E-state index is 11.3. The number of rotatable bonds is 14. The van der Waals surface area contributed by atoms with Crippen molar-refractivity contribution in [2.45, 2.75) is 77.9 Å². The van der Waals surface area contributed by atoms with E-state index in [1.165, 1.54) is 17.2 Å². The lowest BCUT2D eigenvalue weighted by atomic mass is 10.0. The number of carbonyl (C=O) groups excluding carboxylic acids is 1. The second-order valence-electron chi connectivity index (χ2n) is 8.14. The van der Waals surface area contributed by atoms with E-state index in [0.717, 1.165) is 49.7 Å². The molecule has 0 spiro atoms. The van der Waals surface area contributed by atoms with E-state index in [9.17, 15) is 20.1 Å². The van der Waals surface area contributed by atoms with E-state index >= 15 is 0 Å². The molecule has 0 saturated carbocycles. The highest BCUT2D eigenvalue weighted by Gasteiger charge is 2.24. The van der Waals surface area contributed by atoms with Crippen LogP contribution in [-0.2, 0) is 9.53 Å². The van der Waals surface area contributed by atoms with Crippen LogP contribution in [0, 0.1) is 0 Å². The molecule has 0 aliphatic carbocycles. The first-order valence-corrected chi connectivity index (χ1v) is 10.7. The molecule has 0 aromatic heterocycles. The van der Waals surface area contributed by atoms with Crippen LogP contribution in [0.4, 0.5) is 0 Å². The number of ether oxygens (including phenoxy) is 1. The van der Waals surface area contributed by atoms with Gasteiger partial charge in [0.15, 0.2) is 0 Å². The maximum Gasteiger partial charge on any atom is 0.331 e. The van der Waals surface area contributed by atoms with Gasteiger partial charge in [0.05, 0.1) is 19.3 Å². The number of hydrogen-bond donors (Lipinski definition) is 3. The minimum absolute atomic E-state index is 0.0241. The Morgan fingerprint density at radius 2 is 1.73 bits per heavy atom. The zero-order chi connectivity index (χ0) is 22.5. The molecule has 1 rings (SSSR count). The van der Waals surface area contributed by atoms with Gasteiger partial charge in [0, 0.05) is 18.1 Å². The zero-order valence-electron chi connectivity index (χ0n) is 18.7. The summed E-state index contributed by atoms with van der Waals surface area (Å²) in [6.45, 7) is 9.63. The van der Waals surface area contributed by atoms with Crippen LogP contribution in [0.1, 0.15) is 65.7 Å². The molecule has 5 nitrogen and oxygen atoms in total. The van der Waals surface area contributed by atoms with Gasteiger partial charge in [-0.2, -0.15) is 0 Å². The molecule has 2 atom stereocenters. The van der Waals surface area contributed by atoms with Gasteiger partial charge in [-0.15, -0.1) is 0 Å². The van der Waals surface area contributed by atoms with Crippen molar-refractivity contribution in [3.05, 3.63) is 58.7 Å². The molecule has 0 fully saturated rings. The molecule has 0 aromatic rings. The van der Waals surface area contributed by atoms with Crippen molar-refractivity contribution in [1.29, 1.82) is 0 Å². The second kappa shape index (κ2) is 14.1. The van der Waals surface area contributed by atoms with E-state index in [4.69, 9.17) is 4.74 Å². The summed E-state index contributed by atoms with van der Waals surface area (Å²) in [5.74, 6) is -0.419. The van der Waals surface area contributed by atoms with Crippen LogP contribution in [-0.4, -0.2) is 46.7 Å². The molecule has 0 unspecified atom stereocenters. The lowest BCUT2D eigenvalue weighted by Gasteiger charge is -2.11. The van der Waals surface area contributed by atoms with Crippen molar-refractivity contribution in [3.63, 3.8) is 0 Å². The molecular weight excluding hydrogens is 380 g/mol. The van der Waals surface area contributed by atoms with Gasteiger partial charge in [0.1, 0.15) is 6.10 Å². The Labute approximate surface area is 181 Å². The van der Waals surface area contributed by atoms with Crippen molar-refractivity contribution < 1.29 is 24.9 Å². The first-order valence-electron chi connectivity index (χ1n) is 10.7. The summed E-state index contributed by atoms with van der Waals surface area (Å²) < 4.78 is 5.15. The van der Waals surface area contributed by atoms with Gasteiger partial charge in [-0.25, -0.2) is 4.79 Å². The van der Waals surface area contributed by atoms with E-state index in [1.807, 2.05) is 13.0 Å². The fraction of sp³-hybridized carbons (Fsp3) is 0.560. The van der Waals surface area contributed by atoms with Crippen LogP contribution >= 0.6 is 0 Å². The Kier molecular flexibility index (Phi) is 12.3. The summed E-state index contributed by atoms with van der Waals surface area (Å²) in [4.78, 5) is 11.3. The largest absolute Gasteiger partial charge is 0.454 e. The maximum absolute atomic E-state index is 11.3. The van der Waals surface area contributed by atoms with E-state index in [1.54, 1.807) is 0 Å². The van der Waals surface area contributed by atoms with Crippen LogP contribution < -0.4 is 0 Å². The molecule has 0 radical (unpaired) electrons. The van der Waals surface area contributed by atoms with Crippen molar-refractivity contribution in [2.75, 3.05) is 13.2 Å². The molecule has 0 saturated heterocycles. The zero-order valence-corrected chi connectivity index (χ0v) is 18.7. The minimum atomic E-state index is -0.423. The molecule has 30 heavy (non-hydrogen) atoms. The van der Waals surface area contributed by atoms with Gasteiger partial charge in [-0.3, -0.25) is 0 Å². The molecule has 5 heteroatoms. The van der Waals surface area contributed by atoms with E-state index in [2.05, 4.69) is 32.6 Å². The van der Waals surface area contributed by atoms with Crippen molar-refractivity contribution in [1.82, 2.24) is 0 Å². The van der Waals surface area contributed by atoms with Gasteiger partial charge in [-0.05, 0) is 64.9 Å². The summed E-state index contributed by atoms with van der Waals surface area (Å²) in [6.07, 6.45) is 12.5. The number of allylic oxidation sites excluding steroid dienone is 4. The Morgan fingerprint density at radius 3 is 2.33 bits per heavy atom. The Morgan fingerprint density at radius 1 is 1.10 bits per heavy atom. The van der Waals surface area contributed by atoms with Crippen LogP contribution in [0.3, 0.4) is 0 Å². The van der Waals surface area contributed by atoms with E-state index < -0.39 is 18.2 Å². The third-order valence-electron chi connectivity index (χ3n) is 5.35. The number of carbonyl (C=O) groups is 1. The molecule has 168 valence electrons. The second-order valence-corrected chi connectivity index (χ2v) is 8.14. The highest BCUT2D eigenvalue weighted by atomic mass is 16.5. The van der Waals surface area contributed by atoms with Crippen LogP contribution in [0.15, 0.2) is 58.7 Å². The van der Waals surface area contributed by atoms with Crippen LogP contribution in [0.25, 0.3) is 0 Å². The Bertz CT molecular complexity index is 696. The molecule has 0 bridgehead atoms. The normalized spacial score (nSPS) is 19.0. The number of esters is 1. The molecule has 0 amide bonds. The number of cyclic esters (lactones) is 1. The fourth-order valence-electron chi connectivity index (χ4n) is 3.23. The van der Waals surface area contributed by atoms with Crippen LogP contribution in [0.5, 0.6) is 0 Å². The minimum Gasteiger partial charge on any atom is -0.454 e. The lowest BCUT2D eigenvalue weighted by molar-refractivity contribution is -0.138. The smallest absolute Gasteiger partial charge is 0.331 e. The SMILES string of the molecule is C=C(C)[C@@H](O)CC/C(C)=C/CC/C(C)=C/CC/C(=C\C[C@H]1OC(=O)C=C1CO)CO. The highest BCUT2D eigenvalue weighted by molar-refractivity contribution is 5.85. The molecule has 0 aromatic carbocycles. The van der Waals surface area contributed by atoms with Gasteiger partial charge in [0.25, 0.3) is 0 Å². The lowest BCUT2D eigenvalue weighted by Crippen LogP contribution is -2.13. The van der Waals surface area contributed by atoms with Crippen LogP contribution in [0.2, 0.25) is 0 Å². The van der Waals surface area contributed by atoms with Gasteiger partial charge < -0.3 is 20.1 Å². The average molecular weight is 419 g/mol. The Hall–Kier alpha value is -1.95. The monoisotopic (exact) mass is 418 g/mol. The number of aliphatic hydroxyl groups is 3. The average Bonchev–Trinajstić information content (AvgIpc) is 3.08. The summed E-state index contributed by atoms with van der Waals surface area (Å²) in [5, 5.41) is 28.6. The summed E-state index contributed by atoms with van der Waals surface area (Å²) in [5.41, 5.74) is 4.91. The molecule has 1 aliphatic heterocycles. The summed E-state index contributed by atoms with van der Waals surface area (Å²) >= 11 is 0. The highest BCUT2D eigenvalue weighted by Crippen LogP contribution is 2.20. The van der Waals surface area contributed by atoms with E-state index in [-0.39, 0.29) is 13.2 Å². The van der Waals surface area contributed by atoms with Crippen molar-refractivity contribution in [3.8, 4) is 0 Å². The molecule has 1 aliphatic rings. The first-order chi connectivity index (χ1) is 14.3. The van der Waals surface area contributed by atoms with Crippen molar-refractivity contribution >= 4 is 5.97 Å². The number of aliphatic hydroxyl groups excluding tert-OH is 3. The molecular formula is C25H38O5. The first kappa shape index (κ1) is 26.1. The predicted octanol–water partition coefficient (Wildman–Crippen LogP) is 4.31. The quantitative estimate of drug-likeness (QED) is 0.289. The standard InChI is InChI=1S/C25H38O5/c1-18(2)23(28)13-11-20(4)8-5-7-19(3)9-6-10-21(16-26)12-14-24-22(17-27)15-25(29)30-24/h8-9,12,15,23-24,26-28H,1,5-7,10-11,13-14,16-17H2,2-4H3/b19-9+,20-8+,21-12+/t23-,24+/m0/s1. The van der Waals surface area contributed by atoms with Gasteiger partial charge in [-0.1, -0.05) is 41.5 Å². The number of hydrogen-bond acceptors (Lipinski definition) is 5. The molecule has 1 heterocycles. The van der Waals surface area contributed by atoms with Gasteiger partial charge >= 0.3 is 5.97 Å². The third-order valence-corrected chi connectivity index (χ3v) is 5.35. The molecule has 3 N–H and O–H groups in total. The van der Waals surface area contributed by atoms with Crippen molar-refractivity contribution in [2.24, 2.45) is 0 Å². The fourth-order valence-corrected chi connectivity index (χ4v) is 3.23.